The van der Waals surface area contributed by atoms with Crippen molar-refractivity contribution in [3.63, 3.8) is 0 Å². The van der Waals surface area contributed by atoms with Gasteiger partial charge in [-0.1, -0.05) is 53.6 Å². The number of thiazole rings is 1. The van der Waals surface area contributed by atoms with Crippen molar-refractivity contribution < 1.29 is 9.53 Å². The average molecular weight is 413 g/mol. The topological polar surface area (TPSA) is 42.4 Å². The monoisotopic (exact) mass is 412 g/mol. The van der Waals surface area contributed by atoms with Crippen LogP contribution in [0, 0.1) is 6.92 Å². The van der Waals surface area contributed by atoms with Crippen molar-refractivity contribution in [2.24, 2.45) is 0 Å². The van der Waals surface area contributed by atoms with Crippen molar-refractivity contribution in [1.29, 1.82) is 0 Å². The van der Waals surface area contributed by atoms with Gasteiger partial charge in [0.25, 0.3) is 5.91 Å². The number of amides is 1. The Bertz CT molecular complexity index is 965. The highest BCUT2D eigenvalue weighted by Crippen LogP contribution is 2.30. The molecule has 144 valence electrons. The van der Waals surface area contributed by atoms with Gasteiger partial charge in [-0.2, -0.15) is 0 Å². The minimum atomic E-state index is -0.147. The van der Waals surface area contributed by atoms with Crippen molar-refractivity contribution in [3.8, 4) is 11.3 Å². The van der Waals surface area contributed by atoms with E-state index in [1.54, 1.807) is 17.0 Å². The molecule has 4 nitrogen and oxygen atoms in total. The molecule has 1 unspecified atom stereocenters. The molecule has 0 N–H and O–H groups in total. The van der Waals surface area contributed by atoms with Crippen LogP contribution < -0.4 is 4.90 Å². The standard InChI is InChI=1S/C22H21ClN2O2S/c1-15-8-10-16(11-9-15)20-14-28-22(24-20)25(13-17-5-4-12-27-17)21(26)18-6-2-3-7-19(18)23/h2-3,6-11,14,17H,4-5,12-13H2,1H3. The number of hydrogen-bond acceptors (Lipinski definition) is 4. The van der Waals surface area contributed by atoms with Gasteiger partial charge in [-0.15, -0.1) is 11.3 Å². The maximum Gasteiger partial charge on any atom is 0.261 e. The van der Waals surface area contributed by atoms with E-state index < -0.39 is 0 Å². The lowest BCUT2D eigenvalue weighted by molar-refractivity contribution is 0.0917. The fourth-order valence-corrected chi connectivity index (χ4v) is 4.32. The number of ether oxygens (including phenoxy) is 1. The molecule has 0 bridgehead atoms. The number of nitrogens with zero attached hydrogens (tertiary/aromatic N) is 2. The zero-order valence-corrected chi connectivity index (χ0v) is 17.2. The van der Waals surface area contributed by atoms with Crippen molar-refractivity contribution in [2.75, 3.05) is 18.1 Å². The van der Waals surface area contributed by atoms with Crippen molar-refractivity contribution in [3.05, 3.63) is 70.1 Å². The summed E-state index contributed by atoms with van der Waals surface area (Å²) in [5.41, 5.74) is 3.59. The maximum absolute atomic E-state index is 13.3. The third-order valence-electron chi connectivity index (χ3n) is 4.83. The lowest BCUT2D eigenvalue weighted by Gasteiger charge is -2.23. The summed E-state index contributed by atoms with van der Waals surface area (Å²) in [5, 5.41) is 3.10. The normalized spacial score (nSPS) is 16.3. The summed E-state index contributed by atoms with van der Waals surface area (Å²) in [6.07, 6.45) is 1.99. The van der Waals surface area contributed by atoms with Gasteiger partial charge in [0.2, 0.25) is 0 Å². The second-order valence-corrected chi connectivity index (χ2v) is 8.16. The van der Waals surface area contributed by atoms with E-state index in [0.29, 0.717) is 22.3 Å². The van der Waals surface area contributed by atoms with Gasteiger partial charge < -0.3 is 4.74 Å². The van der Waals surface area contributed by atoms with Crippen LogP contribution in [0.15, 0.2) is 53.9 Å². The molecule has 2 aromatic carbocycles. The first-order valence-electron chi connectivity index (χ1n) is 9.32. The van der Waals surface area contributed by atoms with Gasteiger partial charge >= 0.3 is 0 Å². The van der Waals surface area contributed by atoms with Crippen LogP contribution in [-0.2, 0) is 4.74 Å². The van der Waals surface area contributed by atoms with Gasteiger partial charge in [-0.25, -0.2) is 4.98 Å². The van der Waals surface area contributed by atoms with Crippen LogP contribution in [0.5, 0.6) is 0 Å². The molecule has 0 spiro atoms. The number of aryl methyl sites for hydroxylation is 1. The molecule has 1 aliphatic heterocycles. The Morgan fingerprint density at radius 2 is 2.04 bits per heavy atom. The molecule has 28 heavy (non-hydrogen) atoms. The van der Waals surface area contributed by atoms with Gasteiger partial charge in [-0.3, -0.25) is 9.69 Å². The predicted octanol–water partition coefficient (Wildman–Crippen LogP) is 5.60. The summed E-state index contributed by atoms with van der Waals surface area (Å²) in [6, 6.07) is 15.4. The minimum Gasteiger partial charge on any atom is -0.376 e. The lowest BCUT2D eigenvalue weighted by atomic mass is 10.1. The molecule has 0 aliphatic carbocycles. The smallest absolute Gasteiger partial charge is 0.261 e. The van der Waals surface area contributed by atoms with E-state index in [1.165, 1.54) is 16.9 Å². The molecule has 1 saturated heterocycles. The third kappa shape index (κ3) is 4.12. The Morgan fingerprint density at radius 1 is 1.25 bits per heavy atom. The van der Waals surface area contributed by atoms with Crippen LogP contribution >= 0.6 is 22.9 Å². The molecule has 6 heteroatoms. The SMILES string of the molecule is Cc1ccc(-c2csc(N(CC3CCCO3)C(=O)c3ccccc3Cl)n2)cc1. The number of rotatable bonds is 5. The molecule has 2 heterocycles. The summed E-state index contributed by atoms with van der Waals surface area (Å²) in [4.78, 5) is 19.8. The number of hydrogen-bond donors (Lipinski definition) is 0. The zero-order chi connectivity index (χ0) is 19.5. The maximum atomic E-state index is 13.3. The van der Waals surface area contributed by atoms with E-state index in [2.05, 4.69) is 31.2 Å². The number of anilines is 1. The van der Waals surface area contributed by atoms with Gasteiger partial charge in [0.05, 0.1) is 28.9 Å². The minimum absolute atomic E-state index is 0.0261. The van der Waals surface area contributed by atoms with Crippen molar-refractivity contribution in [2.45, 2.75) is 25.9 Å². The number of aromatic nitrogens is 1. The van der Waals surface area contributed by atoms with Crippen LogP contribution in [0.1, 0.15) is 28.8 Å². The summed E-state index contributed by atoms with van der Waals surface area (Å²) in [7, 11) is 0. The average Bonchev–Trinajstić information content (AvgIpc) is 3.39. The van der Waals surface area contributed by atoms with Crippen LogP contribution in [0.25, 0.3) is 11.3 Å². The lowest BCUT2D eigenvalue weighted by Crippen LogP contribution is -2.37. The highest BCUT2D eigenvalue weighted by Gasteiger charge is 2.27. The summed E-state index contributed by atoms with van der Waals surface area (Å²) in [5.74, 6) is -0.147. The Hall–Kier alpha value is -2.21. The van der Waals surface area contributed by atoms with Gasteiger partial charge in [-0.05, 0) is 31.9 Å². The number of carbonyl (C=O) groups is 1. The quantitative estimate of drug-likeness (QED) is 0.548. The highest BCUT2D eigenvalue weighted by atomic mass is 35.5. The predicted molar refractivity (Wildman–Crippen MR) is 114 cm³/mol. The largest absolute Gasteiger partial charge is 0.376 e. The van der Waals surface area contributed by atoms with E-state index in [-0.39, 0.29) is 12.0 Å². The zero-order valence-electron chi connectivity index (χ0n) is 15.6. The van der Waals surface area contributed by atoms with Crippen LogP contribution in [0.2, 0.25) is 5.02 Å². The van der Waals surface area contributed by atoms with Crippen LogP contribution in [-0.4, -0.2) is 30.1 Å². The molecule has 1 aliphatic rings. The molecule has 4 rings (SSSR count). The van der Waals surface area contributed by atoms with E-state index in [0.717, 1.165) is 30.7 Å². The Kier molecular flexibility index (Phi) is 5.76. The molecule has 1 amide bonds. The Labute approximate surface area is 173 Å². The molecule has 1 fully saturated rings. The molecule has 1 atom stereocenters. The van der Waals surface area contributed by atoms with Crippen molar-refractivity contribution in [1.82, 2.24) is 4.98 Å². The Balaban J connectivity index is 1.66. The molecular weight excluding hydrogens is 392 g/mol. The second kappa shape index (κ2) is 8.43. The highest BCUT2D eigenvalue weighted by molar-refractivity contribution is 7.14. The van der Waals surface area contributed by atoms with Crippen molar-refractivity contribution >= 4 is 34.0 Å². The molecule has 0 radical (unpaired) electrons. The van der Waals surface area contributed by atoms with E-state index in [1.807, 2.05) is 17.5 Å². The van der Waals surface area contributed by atoms with Gasteiger partial charge in [0.15, 0.2) is 5.13 Å². The van der Waals surface area contributed by atoms with E-state index in [4.69, 9.17) is 21.3 Å². The molecular formula is C22H21ClN2O2S. The van der Waals surface area contributed by atoms with Crippen LogP contribution in [0.4, 0.5) is 5.13 Å². The molecule has 3 aromatic rings. The molecule has 1 aromatic heterocycles. The number of benzene rings is 2. The number of halogens is 1. The number of carbonyl (C=O) groups excluding carboxylic acids is 1. The summed E-state index contributed by atoms with van der Waals surface area (Å²) in [6.45, 7) is 3.28. The first-order valence-corrected chi connectivity index (χ1v) is 10.6. The van der Waals surface area contributed by atoms with E-state index >= 15 is 0 Å². The third-order valence-corrected chi connectivity index (χ3v) is 6.02. The van der Waals surface area contributed by atoms with Gasteiger partial charge in [0.1, 0.15) is 0 Å². The Morgan fingerprint density at radius 3 is 2.75 bits per heavy atom. The second-order valence-electron chi connectivity index (χ2n) is 6.91. The fraction of sp³-hybridized carbons (Fsp3) is 0.273. The van der Waals surface area contributed by atoms with Crippen LogP contribution in [0.3, 0.4) is 0 Å². The summed E-state index contributed by atoms with van der Waals surface area (Å²) >= 11 is 7.75. The van der Waals surface area contributed by atoms with Gasteiger partial charge in [0, 0.05) is 17.6 Å². The first-order chi connectivity index (χ1) is 13.6. The molecule has 0 saturated carbocycles. The first kappa shape index (κ1) is 19.1. The fourth-order valence-electron chi connectivity index (χ4n) is 3.27. The van der Waals surface area contributed by atoms with E-state index in [9.17, 15) is 4.79 Å². The summed E-state index contributed by atoms with van der Waals surface area (Å²) < 4.78 is 5.78.